The number of carbonyl (C=O) groups excluding carboxylic acids is 1. The van der Waals surface area contributed by atoms with Gasteiger partial charge >= 0.3 is 5.97 Å². The topological polar surface area (TPSA) is 117 Å². The second kappa shape index (κ2) is 8.77. The molecule has 0 aliphatic rings. The van der Waals surface area contributed by atoms with E-state index in [1.54, 1.807) is 18.3 Å². The van der Waals surface area contributed by atoms with E-state index in [9.17, 15) is 4.79 Å². The molecule has 8 nitrogen and oxygen atoms in total. The van der Waals surface area contributed by atoms with Crippen molar-refractivity contribution in [3.8, 4) is 10.7 Å². The smallest absolute Gasteiger partial charge is 0.343 e. The largest absolute Gasteiger partial charge is 0.462 e. The Morgan fingerprint density at radius 2 is 2.31 bits per heavy atom. The number of nitrogens with two attached hydrogens (primary N) is 1. The van der Waals surface area contributed by atoms with Gasteiger partial charge in [0.1, 0.15) is 11.4 Å². The Bertz CT molecular complexity index is 867. The van der Waals surface area contributed by atoms with Gasteiger partial charge in [0, 0.05) is 18.4 Å². The predicted molar refractivity (Wildman–Crippen MR) is 99.1 cm³/mol. The van der Waals surface area contributed by atoms with Crippen LogP contribution in [0.1, 0.15) is 29.6 Å². The van der Waals surface area contributed by atoms with E-state index in [-0.39, 0.29) is 18.0 Å². The van der Waals surface area contributed by atoms with E-state index < -0.39 is 5.97 Å². The minimum Gasteiger partial charge on any atom is -0.462 e. The van der Waals surface area contributed by atoms with Crippen LogP contribution in [0.2, 0.25) is 0 Å². The number of nitrogens with zero attached hydrogens (tertiary/aromatic N) is 4. The van der Waals surface area contributed by atoms with Crippen LogP contribution in [0.3, 0.4) is 0 Å². The number of ether oxygens (including phenoxy) is 1. The third kappa shape index (κ3) is 4.58. The lowest BCUT2D eigenvalue weighted by atomic mass is 10.3. The zero-order chi connectivity index (χ0) is 18.4. The standard InChI is InChI=1S/C16H17N5O3S2/c1-2-23-15(22)10-9-18-16(20-13(10)17)26-8-4-6-12-19-14(21-24-12)11-5-3-7-25-11/h3,5,7,9H,2,4,6,8H2,1H3,(H2,17,18,20). The van der Waals surface area contributed by atoms with Crippen LogP contribution in [-0.4, -0.2) is 38.4 Å². The molecule has 0 atom stereocenters. The zero-order valence-corrected chi connectivity index (χ0v) is 15.7. The van der Waals surface area contributed by atoms with Gasteiger partial charge in [0.05, 0.1) is 11.5 Å². The van der Waals surface area contributed by atoms with Gasteiger partial charge in [-0.15, -0.1) is 11.3 Å². The van der Waals surface area contributed by atoms with Crippen molar-refractivity contribution < 1.29 is 14.1 Å². The van der Waals surface area contributed by atoms with Crippen LogP contribution in [0.5, 0.6) is 0 Å². The summed E-state index contributed by atoms with van der Waals surface area (Å²) in [6.45, 7) is 2.00. The lowest BCUT2D eigenvalue weighted by molar-refractivity contribution is 0.0526. The number of thiophene rings is 1. The monoisotopic (exact) mass is 391 g/mol. The summed E-state index contributed by atoms with van der Waals surface area (Å²) in [4.78, 5) is 25.3. The first-order chi connectivity index (χ1) is 12.7. The maximum Gasteiger partial charge on any atom is 0.343 e. The molecular weight excluding hydrogens is 374 g/mol. The predicted octanol–water partition coefficient (Wildman–Crippen LogP) is 3.07. The molecule has 0 saturated carbocycles. The van der Waals surface area contributed by atoms with Crippen LogP contribution in [-0.2, 0) is 11.2 Å². The first-order valence-electron chi connectivity index (χ1n) is 7.96. The minimum absolute atomic E-state index is 0.124. The lowest BCUT2D eigenvalue weighted by Crippen LogP contribution is -2.10. The Morgan fingerprint density at radius 1 is 1.42 bits per heavy atom. The molecule has 2 N–H and O–H groups in total. The molecule has 3 aromatic rings. The van der Waals surface area contributed by atoms with Crippen molar-refractivity contribution in [2.24, 2.45) is 0 Å². The molecule has 0 saturated heterocycles. The quantitative estimate of drug-likeness (QED) is 0.267. The Kier molecular flexibility index (Phi) is 6.18. The van der Waals surface area contributed by atoms with Crippen molar-refractivity contribution in [2.45, 2.75) is 24.9 Å². The van der Waals surface area contributed by atoms with Crippen molar-refractivity contribution in [2.75, 3.05) is 18.1 Å². The highest BCUT2D eigenvalue weighted by Crippen LogP contribution is 2.22. The molecule has 0 aromatic carbocycles. The van der Waals surface area contributed by atoms with Gasteiger partial charge in [0.25, 0.3) is 0 Å². The van der Waals surface area contributed by atoms with E-state index in [4.69, 9.17) is 15.0 Å². The summed E-state index contributed by atoms with van der Waals surface area (Å²) in [5.74, 6) is 1.59. The fourth-order valence-electron chi connectivity index (χ4n) is 2.06. The van der Waals surface area contributed by atoms with Crippen LogP contribution in [0, 0.1) is 0 Å². The van der Waals surface area contributed by atoms with Gasteiger partial charge < -0.3 is 15.0 Å². The van der Waals surface area contributed by atoms with E-state index in [1.807, 2.05) is 17.5 Å². The second-order valence-electron chi connectivity index (χ2n) is 5.11. The summed E-state index contributed by atoms with van der Waals surface area (Å²) in [7, 11) is 0. The molecular formula is C16H17N5O3S2. The highest BCUT2D eigenvalue weighted by molar-refractivity contribution is 7.99. The molecule has 0 fully saturated rings. The molecule has 0 spiro atoms. The zero-order valence-electron chi connectivity index (χ0n) is 14.0. The summed E-state index contributed by atoms with van der Waals surface area (Å²) < 4.78 is 10.2. The van der Waals surface area contributed by atoms with Gasteiger partial charge in [-0.1, -0.05) is 23.0 Å². The molecule has 0 amide bonds. The number of thioether (sulfide) groups is 1. The molecule has 10 heteroatoms. The molecule has 26 heavy (non-hydrogen) atoms. The van der Waals surface area contributed by atoms with Gasteiger partial charge in [0.15, 0.2) is 5.16 Å². The van der Waals surface area contributed by atoms with Crippen LogP contribution < -0.4 is 5.73 Å². The van der Waals surface area contributed by atoms with Gasteiger partial charge in [-0.25, -0.2) is 14.8 Å². The minimum atomic E-state index is -0.514. The van der Waals surface area contributed by atoms with E-state index in [0.29, 0.717) is 23.3 Å². The molecule has 3 aromatic heterocycles. The van der Waals surface area contributed by atoms with Gasteiger partial charge in [-0.05, 0) is 24.8 Å². The van der Waals surface area contributed by atoms with E-state index in [2.05, 4.69) is 20.1 Å². The van der Waals surface area contributed by atoms with E-state index in [0.717, 1.165) is 17.1 Å². The number of anilines is 1. The maximum atomic E-state index is 11.7. The fourth-order valence-corrected chi connectivity index (χ4v) is 3.47. The summed E-state index contributed by atoms with van der Waals surface area (Å²) in [5.41, 5.74) is 5.98. The summed E-state index contributed by atoms with van der Waals surface area (Å²) in [6, 6.07) is 3.91. The highest BCUT2D eigenvalue weighted by Gasteiger charge is 2.14. The number of hydrogen-bond donors (Lipinski definition) is 1. The number of hydrogen-bond acceptors (Lipinski definition) is 10. The van der Waals surface area contributed by atoms with Crippen LogP contribution >= 0.6 is 23.1 Å². The number of esters is 1. The molecule has 3 rings (SSSR count). The van der Waals surface area contributed by atoms with E-state index >= 15 is 0 Å². The Morgan fingerprint density at radius 3 is 3.04 bits per heavy atom. The van der Waals surface area contributed by atoms with Crippen molar-refractivity contribution in [1.29, 1.82) is 0 Å². The Balaban J connectivity index is 1.48. The average Bonchev–Trinajstić information content (AvgIpc) is 3.30. The van der Waals surface area contributed by atoms with E-state index in [1.165, 1.54) is 18.0 Å². The molecule has 0 aliphatic heterocycles. The highest BCUT2D eigenvalue weighted by atomic mass is 32.2. The molecule has 3 heterocycles. The van der Waals surface area contributed by atoms with Crippen LogP contribution in [0.4, 0.5) is 5.82 Å². The van der Waals surface area contributed by atoms with Gasteiger partial charge in [0.2, 0.25) is 11.7 Å². The number of aromatic nitrogens is 4. The average molecular weight is 391 g/mol. The van der Waals surface area contributed by atoms with Gasteiger partial charge in [-0.3, -0.25) is 0 Å². The molecule has 0 aliphatic carbocycles. The summed E-state index contributed by atoms with van der Waals surface area (Å²) in [5, 5.41) is 6.47. The summed E-state index contributed by atoms with van der Waals surface area (Å²) >= 11 is 3.02. The fraction of sp³-hybridized carbons (Fsp3) is 0.312. The first-order valence-corrected chi connectivity index (χ1v) is 9.82. The summed E-state index contributed by atoms with van der Waals surface area (Å²) in [6.07, 6.45) is 2.88. The van der Waals surface area contributed by atoms with Gasteiger partial charge in [-0.2, -0.15) is 4.98 Å². The second-order valence-corrected chi connectivity index (χ2v) is 7.12. The molecule has 0 radical (unpaired) electrons. The normalized spacial score (nSPS) is 10.8. The molecule has 136 valence electrons. The number of aryl methyl sites for hydroxylation is 1. The number of rotatable bonds is 8. The lowest BCUT2D eigenvalue weighted by Gasteiger charge is -2.05. The maximum absolute atomic E-state index is 11.7. The first kappa shape index (κ1) is 18.3. The SMILES string of the molecule is CCOC(=O)c1cnc(SCCCc2nc(-c3cccs3)no2)nc1N. The molecule has 0 bridgehead atoms. The third-order valence-electron chi connectivity index (χ3n) is 3.27. The van der Waals surface area contributed by atoms with Crippen molar-refractivity contribution in [3.05, 3.63) is 35.2 Å². The van der Waals surface area contributed by atoms with Crippen LogP contribution in [0.15, 0.2) is 33.4 Å². The number of nitrogen functional groups attached to an aromatic ring is 1. The third-order valence-corrected chi connectivity index (χ3v) is 5.08. The van der Waals surface area contributed by atoms with Crippen LogP contribution in [0.25, 0.3) is 10.7 Å². The van der Waals surface area contributed by atoms with Crippen molar-refractivity contribution in [1.82, 2.24) is 20.1 Å². The number of carbonyl (C=O) groups is 1. The Hall–Kier alpha value is -2.46. The van der Waals surface area contributed by atoms with Crippen molar-refractivity contribution >= 4 is 34.9 Å². The Labute approximate surface area is 158 Å². The van der Waals surface area contributed by atoms with Crippen molar-refractivity contribution in [3.63, 3.8) is 0 Å². The molecule has 0 unspecified atom stereocenters.